The van der Waals surface area contributed by atoms with Crippen LogP contribution < -0.4 is 10.6 Å². The zero-order valence-electron chi connectivity index (χ0n) is 19.8. The van der Waals surface area contributed by atoms with Gasteiger partial charge in [0.25, 0.3) is 0 Å². The number of fused-ring (bicyclic) bond motifs is 3. The lowest BCUT2D eigenvalue weighted by atomic mass is 9.98. The van der Waals surface area contributed by atoms with E-state index in [2.05, 4.69) is 27.9 Å². The number of ether oxygens (including phenoxy) is 1. The standard InChI is InChI=1S/C26H28N4O5/c1-15(2)12-21(24(31)28-22-13-27-30(3)23(22)25(32)33)29-26(34)35-14-20-18-10-6-4-8-16(18)17-9-5-7-11-19(17)20/h4-11,13,15,20-21H,12,14H2,1-3H3,(H,28,31)(H,29,34)(H,32,33). The van der Waals surface area contributed by atoms with E-state index in [1.54, 1.807) is 0 Å². The number of benzene rings is 2. The fourth-order valence-electron chi connectivity index (χ4n) is 4.49. The molecule has 1 aromatic heterocycles. The summed E-state index contributed by atoms with van der Waals surface area (Å²) in [5.74, 6) is -1.76. The highest BCUT2D eigenvalue weighted by Crippen LogP contribution is 2.44. The van der Waals surface area contributed by atoms with Gasteiger partial charge in [-0.05, 0) is 34.6 Å². The lowest BCUT2D eigenvalue weighted by Crippen LogP contribution is -2.45. The molecule has 1 atom stereocenters. The van der Waals surface area contributed by atoms with E-state index in [0.717, 1.165) is 26.9 Å². The van der Waals surface area contributed by atoms with Gasteiger partial charge in [0, 0.05) is 13.0 Å². The van der Waals surface area contributed by atoms with Crippen LogP contribution in [0.3, 0.4) is 0 Å². The van der Waals surface area contributed by atoms with Gasteiger partial charge in [-0.2, -0.15) is 5.10 Å². The van der Waals surface area contributed by atoms with Crippen molar-refractivity contribution in [2.24, 2.45) is 13.0 Å². The fourth-order valence-corrected chi connectivity index (χ4v) is 4.49. The van der Waals surface area contributed by atoms with E-state index >= 15 is 0 Å². The second-order valence-electron chi connectivity index (χ2n) is 8.98. The average Bonchev–Trinajstić information content (AvgIpc) is 3.34. The summed E-state index contributed by atoms with van der Waals surface area (Å²) < 4.78 is 6.74. The first-order valence-corrected chi connectivity index (χ1v) is 11.4. The minimum Gasteiger partial charge on any atom is -0.476 e. The van der Waals surface area contributed by atoms with Crippen molar-refractivity contribution in [1.29, 1.82) is 0 Å². The highest BCUT2D eigenvalue weighted by atomic mass is 16.5. The summed E-state index contributed by atoms with van der Waals surface area (Å²) in [6.45, 7) is 3.97. The number of nitrogens with zero attached hydrogens (tertiary/aromatic N) is 2. The molecule has 1 aliphatic rings. The van der Waals surface area contributed by atoms with Crippen molar-refractivity contribution in [3.63, 3.8) is 0 Å². The number of carbonyl (C=O) groups excluding carboxylic acids is 2. The molecule has 1 heterocycles. The minimum atomic E-state index is -1.22. The second-order valence-corrected chi connectivity index (χ2v) is 8.98. The quantitative estimate of drug-likeness (QED) is 0.452. The van der Waals surface area contributed by atoms with Crippen LogP contribution in [-0.4, -0.2) is 45.5 Å². The molecule has 0 saturated heterocycles. The van der Waals surface area contributed by atoms with Crippen molar-refractivity contribution in [2.45, 2.75) is 32.2 Å². The summed E-state index contributed by atoms with van der Waals surface area (Å²) in [5.41, 5.74) is 4.35. The number of aromatic carboxylic acids is 1. The van der Waals surface area contributed by atoms with Crippen molar-refractivity contribution < 1.29 is 24.2 Å². The summed E-state index contributed by atoms with van der Waals surface area (Å²) in [5, 5.41) is 18.5. The SMILES string of the molecule is CC(C)CC(NC(=O)OCC1c2ccccc2-c2ccccc21)C(=O)Nc1cnn(C)c1C(=O)O. The molecule has 9 nitrogen and oxygen atoms in total. The maximum absolute atomic E-state index is 12.9. The first-order chi connectivity index (χ1) is 16.8. The Bertz CT molecular complexity index is 1220. The average molecular weight is 477 g/mol. The number of carboxylic acid groups (broad SMARTS) is 1. The summed E-state index contributed by atoms with van der Waals surface area (Å²) in [7, 11) is 1.47. The van der Waals surface area contributed by atoms with E-state index in [9.17, 15) is 19.5 Å². The van der Waals surface area contributed by atoms with Gasteiger partial charge in [0.1, 0.15) is 12.6 Å². The van der Waals surface area contributed by atoms with Gasteiger partial charge in [-0.25, -0.2) is 9.59 Å². The molecule has 0 aliphatic heterocycles. The topological polar surface area (TPSA) is 123 Å². The van der Waals surface area contributed by atoms with Crippen LogP contribution in [0, 0.1) is 5.92 Å². The molecule has 0 spiro atoms. The van der Waals surface area contributed by atoms with E-state index in [1.807, 2.05) is 50.2 Å². The summed E-state index contributed by atoms with van der Waals surface area (Å²) in [6.07, 6.45) is 0.900. The summed E-state index contributed by atoms with van der Waals surface area (Å²) in [4.78, 5) is 37.2. The van der Waals surface area contributed by atoms with E-state index in [0.29, 0.717) is 6.42 Å². The van der Waals surface area contributed by atoms with Crippen LogP contribution in [0.4, 0.5) is 10.5 Å². The van der Waals surface area contributed by atoms with Crippen LogP contribution in [0.1, 0.15) is 47.8 Å². The van der Waals surface area contributed by atoms with Gasteiger partial charge in [-0.3, -0.25) is 9.48 Å². The Morgan fingerprint density at radius 3 is 2.23 bits per heavy atom. The van der Waals surface area contributed by atoms with Crippen LogP contribution in [0.5, 0.6) is 0 Å². The number of amides is 2. The zero-order valence-corrected chi connectivity index (χ0v) is 19.8. The molecule has 9 heteroatoms. The maximum atomic E-state index is 12.9. The molecule has 0 fully saturated rings. The number of aryl methyl sites for hydroxylation is 1. The Morgan fingerprint density at radius 1 is 1.06 bits per heavy atom. The number of hydrogen-bond donors (Lipinski definition) is 3. The van der Waals surface area contributed by atoms with Gasteiger partial charge in [0.15, 0.2) is 5.69 Å². The first-order valence-electron chi connectivity index (χ1n) is 11.4. The molecule has 3 N–H and O–H groups in total. The van der Waals surface area contributed by atoms with Crippen LogP contribution in [0.2, 0.25) is 0 Å². The first kappa shape index (κ1) is 24.0. The number of carbonyl (C=O) groups is 3. The van der Waals surface area contributed by atoms with Gasteiger partial charge in [-0.1, -0.05) is 62.4 Å². The molecule has 35 heavy (non-hydrogen) atoms. The van der Waals surface area contributed by atoms with Gasteiger partial charge in [0.05, 0.1) is 11.9 Å². The normalized spacial score (nSPS) is 13.1. The van der Waals surface area contributed by atoms with Crippen molar-refractivity contribution in [3.05, 3.63) is 71.5 Å². The summed E-state index contributed by atoms with van der Waals surface area (Å²) in [6, 6.07) is 15.2. The van der Waals surface area contributed by atoms with E-state index < -0.39 is 24.0 Å². The molecular formula is C26H28N4O5. The molecule has 4 rings (SSSR count). The largest absolute Gasteiger partial charge is 0.476 e. The minimum absolute atomic E-state index is 0.0630. The molecule has 2 amide bonds. The lowest BCUT2D eigenvalue weighted by Gasteiger charge is -2.21. The van der Waals surface area contributed by atoms with E-state index in [1.165, 1.54) is 13.2 Å². The van der Waals surface area contributed by atoms with Gasteiger partial charge >= 0.3 is 12.1 Å². The Hall–Kier alpha value is -4.14. The number of carboxylic acids is 1. The smallest absolute Gasteiger partial charge is 0.407 e. The zero-order chi connectivity index (χ0) is 25.1. The third-order valence-corrected chi connectivity index (χ3v) is 6.06. The van der Waals surface area contributed by atoms with Crippen molar-refractivity contribution in [3.8, 4) is 11.1 Å². The van der Waals surface area contributed by atoms with Crippen LogP contribution >= 0.6 is 0 Å². The molecule has 1 unspecified atom stereocenters. The highest BCUT2D eigenvalue weighted by molar-refractivity contribution is 6.01. The van der Waals surface area contributed by atoms with Crippen LogP contribution in [-0.2, 0) is 16.6 Å². The second kappa shape index (κ2) is 10.0. The molecule has 2 aromatic carbocycles. The third kappa shape index (κ3) is 5.03. The number of aromatic nitrogens is 2. The number of anilines is 1. The molecular weight excluding hydrogens is 448 g/mol. The lowest BCUT2D eigenvalue weighted by molar-refractivity contribution is -0.118. The van der Waals surface area contributed by atoms with Crippen molar-refractivity contribution >= 4 is 23.7 Å². The Balaban J connectivity index is 1.44. The fraction of sp³-hybridized carbons (Fsp3) is 0.308. The number of alkyl carbamates (subject to hydrolysis) is 1. The number of nitrogens with one attached hydrogen (secondary N) is 2. The van der Waals surface area contributed by atoms with Crippen molar-refractivity contribution in [2.75, 3.05) is 11.9 Å². The summed E-state index contributed by atoms with van der Waals surface area (Å²) >= 11 is 0. The van der Waals surface area contributed by atoms with E-state index in [4.69, 9.17) is 4.74 Å². The van der Waals surface area contributed by atoms with Gasteiger partial charge in [0.2, 0.25) is 5.91 Å². The maximum Gasteiger partial charge on any atom is 0.407 e. The highest BCUT2D eigenvalue weighted by Gasteiger charge is 2.30. The Morgan fingerprint density at radius 2 is 1.66 bits per heavy atom. The molecule has 0 radical (unpaired) electrons. The van der Waals surface area contributed by atoms with E-state index in [-0.39, 0.29) is 29.8 Å². The monoisotopic (exact) mass is 476 g/mol. The molecule has 3 aromatic rings. The molecule has 0 saturated carbocycles. The van der Waals surface area contributed by atoms with Gasteiger partial charge < -0.3 is 20.5 Å². The van der Waals surface area contributed by atoms with Crippen LogP contribution in [0.15, 0.2) is 54.7 Å². The van der Waals surface area contributed by atoms with Crippen molar-refractivity contribution in [1.82, 2.24) is 15.1 Å². The predicted molar refractivity (Wildman–Crippen MR) is 130 cm³/mol. The number of hydrogen-bond acceptors (Lipinski definition) is 5. The number of rotatable bonds is 8. The van der Waals surface area contributed by atoms with Crippen LogP contribution in [0.25, 0.3) is 11.1 Å². The van der Waals surface area contributed by atoms with Gasteiger partial charge in [-0.15, -0.1) is 0 Å². The third-order valence-electron chi connectivity index (χ3n) is 6.06. The molecule has 0 bridgehead atoms. The molecule has 182 valence electrons. The Kier molecular flexibility index (Phi) is 6.86. The predicted octanol–water partition coefficient (Wildman–Crippen LogP) is 4.01. The molecule has 1 aliphatic carbocycles. The Labute approximate surface area is 203 Å².